The van der Waals surface area contributed by atoms with Gasteiger partial charge in [0.1, 0.15) is 12.3 Å². The van der Waals surface area contributed by atoms with Gasteiger partial charge in [-0.05, 0) is 36.0 Å². The summed E-state index contributed by atoms with van der Waals surface area (Å²) < 4.78 is 6.09. The van der Waals surface area contributed by atoms with Crippen molar-refractivity contribution in [2.45, 2.75) is 0 Å². The summed E-state index contributed by atoms with van der Waals surface area (Å²) in [5.74, 6) is -0.532. The molecule has 7 nitrogen and oxygen atoms in total. The van der Waals surface area contributed by atoms with Crippen molar-refractivity contribution in [1.29, 1.82) is 0 Å². The van der Waals surface area contributed by atoms with Crippen LogP contribution < -0.4 is 5.32 Å². The van der Waals surface area contributed by atoms with Crippen LogP contribution in [0, 0.1) is 0 Å². The Morgan fingerprint density at radius 3 is 2.85 bits per heavy atom. The smallest absolute Gasteiger partial charge is 0.294 e. The Labute approximate surface area is 155 Å². The summed E-state index contributed by atoms with van der Waals surface area (Å²) in [6, 6.07) is 10.8. The van der Waals surface area contributed by atoms with Gasteiger partial charge >= 0.3 is 0 Å². The van der Waals surface area contributed by atoms with Gasteiger partial charge in [0.25, 0.3) is 11.1 Å². The highest BCUT2D eigenvalue weighted by molar-refractivity contribution is 8.18. The lowest BCUT2D eigenvalue weighted by molar-refractivity contribution is -0.127. The molecule has 3 heterocycles. The Morgan fingerprint density at radius 1 is 1.23 bits per heavy atom. The van der Waals surface area contributed by atoms with Crippen molar-refractivity contribution in [3.63, 3.8) is 0 Å². The number of fused-ring (bicyclic) bond motifs is 1. The number of hydrogen-bond acceptors (Lipinski definition) is 7. The number of carbonyl (C=O) groups excluding carboxylic acids is 3. The molecule has 3 amide bonds. The number of rotatable bonds is 4. The predicted octanol–water partition coefficient (Wildman–Crippen LogP) is 3.56. The Kier molecular flexibility index (Phi) is 4.31. The van der Waals surface area contributed by atoms with E-state index in [-0.39, 0.29) is 11.4 Å². The number of benzene rings is 1. The minimum absolute atomic E-state index is 0.220. The minimum Gasteiger partial charge on any atom is -0.465 e. The molecule has 1 aliphatic rings. The van der Waals surface area contributed by atoms with E-state index in [9.17, 15) is 14.4 Å². The van der Waals surface area contributed by atoms with Crippen molar-refractivity contribution in [2.75, 3.05) is 11.9 Å². The lowest BCUT2D eigenvalue weighted by Gasteiger charge is -2.11. The molecule has 2 aromatic heterocycles. The number of nitrogens with zero attached hydrogens (tertiary/aromatic N) is 2. The van der Waals surface area contributed by atoms with Crippen LogP contribution in [0.15, 0.2) is 52.0 Å². The second kappa shape index (κ2) is 6.77. The first-order valence-corrected chi connectivity index (χ1v) is 9.18. The summed E-state index contributed by atoms with van der Waals surface area (Å²) in [7, 11) is 0. The molecule has 0 radical (unpaired) electrons. The van der Waals surface area contributed by atoms with Gasteiger partial charge in [0.05, 0.1) is 21.4 Å². The normalized spacial score (nSPS) is 16.0. The molecule has 3 aromatic rings. The molecule has 0 spiro atoms. The minimum atomic E-state index is -0.518. The third-order valence-electron chi connectivity index (χ3n) is 3.53. The highest BCUT2D eigenvalue weighted by Crippen LogP contribution is 2.32. The summed E-state index contributed by atoms with van der Waals surface area (Å²) in [6.45, 7) is -0.365. The van der Waals surface area contributed by atoms with E-state index in [1.165, 1.54) is 23.7 Å². The van der Waals surface area contributed by atoms with E-state index < -0.39 is 17.1 Å². The number of aromatic nitrogens is 1. The molecule has 1 aliphatic heterocycles. The van der Waals surface area contributed by atoms with Crippen LogP contribution >= 0.6 is 23.1 Å². The maximum atomic E-state index is 12.4. The summed E-state index contributed by atoms with van der Waals surface area (Å²) in [4.78, 5) is 42.1. The van der Waals surface area contributed by atoms with Crippen LogP contribution in [0.5, 0.6) is 0 Å². The highest BCUT2D eigenvalue weighted by Gasteiger charge is 2.36. The lowest BCUT2D eigenvalue weighted by atomic mass is 10.3. The van der Waals surface area contributed by atoms with Gasteiger partial charge in [0, 0.05) is 6.08 Å². The zero-order valence-electron chi connectivity index (χ0n) is 13.2. The summed E-state index contributed by atoms with van der Waals surface area (Å²) >= 11 is 2.11. The SMILES string of the molecule is O=C(CN1C(=O)S/C(=C\c2ccco2)C1=O)Nc1nc2ccccc2s1. The van der Waals surface area contributed by atoms with E-state index in [1.807, 2.05) is 24.3 Å². The van der Waals surface area contributed by atoms with E-state index in [1.54, 1.807) is 12.1 Å². The Hall–Kier alpha value is -2.91. The van der Waals surface area contributed by atoms with Gasteiger partial charge in [-0.2, -0.15) is 0 Å². The highest BCUT2D eigenvalue weighted by atomic mass is 32.2. The second-order valence-corrected chi connectivity index (χ2v) is 7.34. The predicted molar refractivity (Wildman–Crippen MR) is 99.6 cm³/mol. The molecule has 1 fully saturated rings. The molecule has 0 unspecified atom stereocenters. The number of para-hydroxylation sites is 1. The van der Waals surface area contributed by atoms with Crippen LogP contribution in [-0.4, -0.2) is 33.5 Å². The standard InChI is InChI=1S/C17H11N3O4S2/c21-14(19-16-18-11-5-1-2-6-12(11)25-16)9-20-15(22)13(26-17(20)23)8-10-4-3-7-24-10/h1-8H,9H2,(H,18,19,21)/b13-8-. The number of carbonyl (C=O) groups is 3. The maximum absolute atomic E-state index is 12.4. The van der Waals surface area contributed by atoms with E-state index in [0.29, 0.717) is 10.9 Å². The zero-order valence-corrected chi connectivity index (χ0v) is 14.8. The number of furan rings is 1. The Morgan fingerprint density at radius 2 is 2.08 bits per heavy atom. The van der Waals surface area contributed by atoms with E-state index >= 15 is 0 Å². The van der Waals surface area contributed by atoms with Gasteiger partial charge < -0.3 is 9.73 Å². The fraction of sp³-hybridized carbons (Fsp3) is 0.0588. The molecule has 0 atom stereocenters. The number of hydrogen-bond donors (Lipinski definition) is 1. The number of anilines is 1. The zero-order chi connectivity index (χ0) is 18.1. The molecular formula is C17H11N3O4S2. The van der Waals surface area contributed by atoms with Gasteiger partial charge in [-0.3, -0.25) is 19.3 Å². The van der Waals surface area contributed by atoms with Gasteiger partial charge in [0.2, 0.25) is 5.91 Å². The molecule has 0 bridgehead atoms. The molecule has 130 valence electrons. The fourth-order valence-corrected chi connectivity index (χ4v) is 4.07. The second-order valence-electron chi connectivity index (χ2n) is 5.32. The Balaban J connectivity index is 1.45. The number of nitrogens with one attached hydrogen (secondary N) is 1. The number of amides is 3. The first kappa shape index (κ1) is 16.6. The van der Waals surface area contributed by atoms with Crippen molar-refractivity contribution < 1.29 is 18.8 Å². The molecule has 0 saturated carbocycles. The average Bonchev–Trinajstić information content (AvgIpc) is 3.31. The van der Waals surface area contributed by atoms with Gasteiger partial charge in [-0.15, -0.1) is 0 Å². The quantitative estimate of drug-likeness (QED) is 0.690. The summed E-state index contributed by atoms with van der Waals surface area (Å²) in [5, 5.41) is 2.57. The monoisotopic (exact) mass is 385 g/mol. The number of thiazole rings is 1. The van der Waals surface area contributed by atoms with E-state index in [4.69, 9.17) is 4.42 Å². The van der Waals surface area contributed by atoms with Crippen molar-refractivity contribution in [3.8, 4) is 0 Å². The maximum Gasteiger partial charge on any atom is 0.294 e. The average molecular weight is 385 g/mol. The molecular weight excluding hydrogens is 374 g/mol. The van der Waals surface area contributed by atoms with Crippen LogP contribution in [0.3, 0.4) is 0 Å². The van der Waals surface area contributed by atoms with Crippen molar-refractivity contribution >= 4 is 61.6 Å². The first-order valence-electron chi connectivity index (χ1n) is 7.54. The first-order chi connectivity index (χ1) is 12.6. The van der Waals surface area contributed by atoms with E-state index in [0.717, 1.165) is 26.9 Å². The van der Waals surface area contributed by atoms with Crippen molar-refractivity contribution in [2.24, 2.45) is 0 Å². The van der Waals surface area contributed by atoms with Crippen LogP contribution in [0.2, 0.25) is 0 Å². The molecule has 1 aromatic carbocycles. The fourth-order valence-electron chi connectivity index (χ4n) is 2.37. The summed E-state index contributed by atoms with van der Waals surface area (Å²) in [6.07, 6.45) is 2.96. The van der Waals surface area contributed by atoms with Crippen molar-refractivity contribution in [1.82, 2.24) is 9.88 Å². The third kappa shape index (κ3) is 3.26. The summed E-state index contributed by atoms with van der Waals surface area (Å²) in [5.41, 5.74) is 0.778. The van der Waals surface area contributed by atoms with E-state index in [2.05, 4.69) is 10.3 Å². The van der Waals surface area contributed by atoms with Crippen LogP contribution in [0.25, 0.3) is 16.3 Å². The van der Waals surface area contributed by atoms with Gasteiger partial charge in [0.15, 0.2) is 5.13 Å². The van der Waals surface area contributed by atoms with Crippen LogP contribution in [0.1, 0.15) is 5.76 Å². The Bertz CT molecular complexity index is 1010. The topological polar surface area (TPSA) is 92.5 Å². The molecule has 4 rings (SSSR count). The molecule has 1 N–H and O–H groups in total. The van der Waals surface area contributed by atoms with Gasteiger partial charge in [-0.25, -0.2) is 4.98 Å². The largest absolute Gasteiger partial charge is 0.465 e. The van der Waals surface area contributed by atoms with Gasteiger partial charge in [-0.1, -0.05) is 23.5 Å². The molecule has 1 saturated heterocycles. The molecule has 0 aliphatic carbocycles. The third-order valence-corrected chi connectivity index (χ3v) is 5.39. The van der Waals surface area contributed by atoms with Crippen LogP contribution in [-0.2, 0) is 9.59 Å². The lowest BCUT2D eigenvalue weighted by Crippen LogP contribution is -2.36. The number of thioether (sulfide) groups is 1. The molecule has 26 heavy (non-hydrogen) atoms. The number of imide groups is 1. The van der Waals surface area contributed by atoms with Crippen molar-refractivity contribution in [3.05, 3.63) is 53.3 Å². The van der Waals surface area contributed by atoms with Crippen LogP contribution in [0.4, 0.5) is 9.93 Å². The molecule has 9 heteroatoms.